The average molecular weight is 328 g/mol. The molecule has 24 heavy (non-hydrogen) atoms. The summed E-state index contributed by atoms with van der Waals surface area (Å²) in [7, 11) is 3.01. The van der Waals surface area contributed by atoms with Crippen molar-refractivity contribution in [1.82, 2.24) is 5.32 Å². The van der Waals surface area contributed by atoms with Gasteiger partial charge in [-0.15, -0.1) is 0 Å². The van der Waals surface area contributed by atoms with Crippen molar-refractivity contribution >= 4 is 17.5 Å². The molecule has 0 aliphatic rings. The van der Waals surface area contributed by atoms with Crippen molar-refractivity contribution in [2.45, 2.75) is 6.42 Å². The van der Waals surface area contributed by atoms with Gasteiger partial charge in [-0.1, -0.05) is 30.3 Å². The van der Waals surface area contributed by atoms with E-state index < -0.39 is 11.8 Å². The fourth-order valence-corrected chi connectivity index (χ4v) is 2.13. The zero-order chi connectivity index (χ0) is 17.4. The number of hydrogen-bond acceptors (Lipinski definition) is 4. The Bertz CT molecular complexity index is 701. The number of nitrogens with one attached hydrogen (secondary N) is 2. The SMILES string of the molecule is COc1ccc(NC(=O)C(=O)NCCc2ccccc2)c(OC)c1. The van der Waals surface area contributed by atoms with E-state index >= 15 is 0 Å². The predicted octanol–water partition coefficient (Wildman–Crippen LogP) is 2.00. The van der Waals surface area contributed by atoms with E-state index in [1.165, 1.54) is 14.2 Å². The Morgan fingerprint density at radius 2 is 1.71 bits per heavy atom. The highest BCUT2D eigenvalue weighted by molar-refractivity contribution is 6.39. The lowest BCUT2D eigenvalue weighted by Gasteiger charge is -2.11. The number of hydrogen-bond donors (Lipinski definition) is 2. The summed E-state index contributed by atoms with van der Waals surface area (Å²) in [6.07, 6.45) is 0.658. The molecule has 0 atom stereocenters. The van der Waals surface area contributed by atoms with Crippen LogP contribution in [0.3, 0.4) is 0 Å². The molecule has 2 amide bonds. The van der Waals surface area contributed by atoms with Crippen LogP contribution >= 0.6 is 0 Å². The highest BCUT2D eigenvalue weighted by Gasteiger charge is 2.15. The van der Waals surface area contributed by atoms with Gasteiger partial charge < -0.3 is 20.1 Å². The molecule has 0 heterocycles. The van der Waals surface area contributed by atoms with Gasteiger partial charge in [0.15, 0.2) is 0 Å². The first kappa shape index (κ1) is 17.3. The third-order valence-electron chi connectivity index (χ3n) is 3.41. The molecular weight excluding hydrogens is 308 g/mol. The summed E-state index contributed by atoms with van der Waals surface area (Å²) in [5.74, 6) is -0.424. The monoisotopic (exact) mass is 328 g/mol. The molecule has 0 aliphatic carbocycles. The lowest BCUT2D eigenvalue weighted by molar-refractivity contribution is -0.136. The van der Waals surface area contributed by atoms with Gasteiger partial charge in [-0.2, -0.15) is 0 Å². The van der Waals surface area contributed by atoms with Crippen molar-refractivity contribution in [2.24, 2.45) is 0 Å². The quantitative estimate of drug-likeness (QED) is 0.795. The first-order valence-electron chi connectivity index (χ1n) is 7.49. The van der Waals surface area contributed by atoms with Crippen molar-refractivity contribution in [3.8, 4) is 11.5 Å². The van der Waals surface area contributed by atoms with Crippen LogP contribution in [0.2, 0.25) is 0 Å². The van der Waals surface area contributed by atoms with Crippen LogP contribution < -0.4 is 20.1 Å². The summed E-state index contributed by atoms with van der Waals surface area (Å²) < 4.78 is 10.3. The number of methoxy groups -OCH3 is 2. The first-order chi connectivity index (χ1) is 11.6. The molecule has 2 aromatic rings. The molecule has 0 spiro atoms. The molecule has 2 N–H and O–H groups in total. The minimum Gasteiger partial charge on any atom is -0.497 e. The second-order valence-electron chi connectivity index (χ2n) is 5.01. The van der Waals surface area contributed by atoms with Crippen LogP contribution in [0.25, 0.3) is 0 Å². The highest BCUT2D eigenvalue weighted by Crippen LogP contribution is 2.28. The Balaban J connectivity index is 1.88. The van der Waals surface area contributed by atoms with Crippen LogP contribution in [-0.2, 0) is 16.0 Å². The summed E-state index contributed by atoms with van der Waals surface area (Å²) in [5.41, 5.74) is 1.50. The Morgan fingerprint density at radius 1 is 0.958 bits per heavy atom. The van der Waals surface area contributed by atoms with E-state index in [1.54, 1.807) is 18.2 Å². The number of amides is 2. The number of carbonyl (C=O) groups excluding carboxylic acids is 2. The summed E-state index contributed by atoms with van der Waals surface area (Å²) in [4.78, 5) is 23.8. The maximum Gasteiger partial charge on any atom is 0.313 e. The summed E-state index contributed by atoms with van der Waals surface area (Å²) in [6.45, 7) is 0.385. The fourth-order valence-electron chi connectivity index (χ4n) is 2.13. The van der Waals surface area contributed by atoms with Crippen LogP contribution in [0.5, 0.6) is 11.5 Å². The third-order valence-corrected chi connectivity index (χ3v) is 3.41. The van der Waals surface area contributed by atoms with E-state index in [4.69, 9.17) is 9.47 Å². The lowest BCUT2D eigenvalue weighted by atomic mass is 10.1. The largest absolute Gasteiger partial charge is 0.497 e. The summed E-state index contributed by atoms with van der Waals surface area (Å²) in [6, 6.07) is 14.6. The van der Waals surface area contributed by atoms with E-state index in [2.05, 4.69) is 10.6 Å². The summed E-state index contributed by atoms with van der Waals surface area (Å²) in [5, 5.41) is 5.12. The molecule has 0 saturated heterocycles. The average Bonchev–Trinajstić information content (AvgIpc) is 2.62. The van der Waals surface area contributed by atoms with Crippen molar-refractivity contribution in [2.75, 3.05) is 26.1 Å². The number of rotatable bonds is 6. The molecule has 6 heteroatoms. The first-order valence-corrected chi connectivity index (χ1v) is 7.49. The normalized spacial score (nSPS) is 9.92. The van der Waals surface area contributed by atoms with Crippen molar-refractivity contribution < 1.29 is 19.1 Å². The fraction of sp³-hybridized carbons (Fsp3) is 0.222. The van der Waals surface area contributed by atoms with Gasteiger partial charge >= 0.3 is 11.8 Å². The molecule has 0 aliphatic heterocycles. The van der Waals surface area contributed by atoms with Crippen molar-refractivity contribution in [1.29, 1.82) is 0 Å². The zero-order valence-corrected chi connectivity index (χ0v) is 13.7. The maximum atomic E-state index is 12.0. The topological polar surface area (TPSA) is 76.7 Å². The standard InChI is InChI=1S/C18H20N2O4/c1-23-14-8-9-15(16(12-14)24-2)20-18(22)17(21)19-11-10-13-6-4-3-5-7-13/h3-9,12H,10-11H2,1-2H3,(H,19,21)(H,20,22). The van der Waals surface area contributed by atoms with E-state index in [9.17, 15) is 9.59 Å². The minimum absolute atomic E-state index is 0.385. The minimum atomic E-state index is -0.744. The van der Waals surface area contributed by atoms with E-state index in [1.807, 2.05) is 30.3 Å². The van der Waals surface area contributed by atoms with E-state index in [0.717, 1.165) is 5.56 Å². The smallest absolute Gasteiger partial charge is 0.313 e. The Hall–Kier alpha value is -3.02. The lowest BCUT2D eigenvalue weighted by Crippen LogP contribution is -2.36. The molecule has 0 unspecified atom stereocenters. The Kier molecular flexibility index (Phi) is 6.19. The molecule has 0 fully saturated rings. The van der Waals surface area contributed by atoms with Gasteiger partial charge in [0.05, 0.1) is 19.9 Å². The molecule has 0 bridgehead atoms. The molecule has 126 valence electrons. The summed E-state index contributed by atoms with van der Waals surface area (Å²) >= 11 is 0. The number of anilines is 1. The predicted molar refractivity (Wildman–Crippen MR) is 91.3 cm³/mol. The van der Waals surface area contributed by atoms with Gasteiger partial charge in [-0.25, -0.2) is 0 Å². The van der Waals surface area contributed by atoms with Crippen molar-refractivity contribution in [3.63, 3.8) is 0 Å². The second kappa shape index (κ2) is 8.57. The maximum absolute atomic E-state index is 12.0. The number of ether oxygens (including phenoxy) is 2. The van der Waals surface area contributed by atoms with Gasteiger partial charge in [0.1, 0.15) is 11.5 Å². The van der Waals surface area contributed by atoms with Crippen LogP contribution in [0.1, 0.15) is 5.56 Å². The molecule has 0 radical (unpaired) electrons. The Morgan fingerprint density at radius 3 is 2.38 bits per heavy atom. The number of carbonyl (C=O) groups is 2. The zero-order valence-electron chi connectivity index (χ0n) is 13.7. The van der Waals surface area contributed by atoms with Gasteiger partial charge in [0, 0.05) is 12.6 Å². The molecule has 2 rings (SSSR count). The number of benzene rings is 2. The van der Waals surface area contributed by atoms with Crippen LogP contribution in [0, 0.1) is 0 Å². The molecule has 0 saturated carbocycles. The van der Waals surface area contributed by atoms with Gasteiger partial charge in [0.25, 0.3) is 0 Å². The second-order valence-corrected chi connectivity index (χ2v) is 5.01. The third kappa shape index (κ3) is 4.74. The molecular formula is C18H20N2O4. The Labute approximate surface area is 140 Å². The van der Waals surface area contributed by atoms with Gasteiger partial charge in [0.2, 0.25) is 0 Å². The van der Waals surface area contributed by atoms with E-state index in [0.29, 0.717) is 30.2 Å². The van der Waals surface area contributed by atoms with Crippen molar-refractivity contribution in [3.05, 3.63) is 54.1 Å². The van der Waals surface area contributed by atoms with Crippen LogP contribution in [0.4, 0.5) is 5.69 Å². The van der Waals surface area contributed by atoms with Gasteiger partial charge in [-0.3, -0.25) is 9.59 Å². The van der Waals surface area contributed by atoms with Crippen LogP contribution in [0.15, 0.2) is 48.5 Å². The van der Waals surface area contributed by atoms with E-state index in [-0.39, 0.29) is 0 Å². The molecule has 2 aromatic carbocycles. The van der Waals surface area contributed by atoms with Gasteiger partial charge in [-0.05, 0) is 24.1 Å². The molecule has 0 aromatic heterocycles. The van der Waals surface area contributed by atoms with Crippen LogP contribution in [-0.4, -0.2) is 32.6 Å². The highest BCUT2D eigenvalue weighted by atomic mass is 16.5. The molecule has 6 nitrogen and oxygen atoms in total.